The molecule has 9 rings (SSSR count). The molecule has 1 saturated carbocycles. The number of aromatic hydroxyl groups is 1. The molecule has 12 nitrogen and oxygen atoms in total. The summed E-state index contributed by atoms with van der Waals surface area (Å²) in [5, 5.41) is 29.3. The van der Waals surface area contributed by atoms with Crippen LogP contribution in [-0.4, -0.2) is 92.5 Å². The monoisotopic (exact) mass is 730 g/mol. The molecule has 0 radical (unpaired) electrons. The van der Waals surface area contributed by atoms with Gasteiger partial charge in [-0.1, -0.05) is 18.2 Å². The lowest BCUT2D eigenvalue weighted by atomic mass is 9.80. The van der Waals surface area contributed by atoms with Gasteiger partial charge in [-0.15, -0.1) is 15.2 Å². The normalized spacial score (nSPS) is 22.2. The van der Waals surface area contributed by atoms with E-state index in [0.29, 0.717) is 62.3 Å². The molecule has 5 aromatic rings. The molecule has 2 amide bonds. The predicted molar refractivity (Wildman–Crippen MR) is 201 cm³/mol. The number of fused-ring (bicyclic) bond motifs is 2. The van der Waals surface area contributed by atoms with Gasteiger partial charge in [0, 0.05) is 42.3 Å². The first-order valence-electron chi connectivity index (χ1n) is 18.7. The molecule has 0 spiro atoms. The van der Waals surface area contributed by atoms with Crippen molar-refractivity contribution in [3.05, 3.63) is 90.4 Å². The van der Waals surface area contributed by atoms with E-state index in [2.05, 4.69) is 37.1 Å². The fourth-order valence-corrected chi connectivity index (χ4v) is 8.76. The quantitative estimate of drug-likeness (QED) is 0.235. The number of aliphatic hydroxyl groups is 1. The van der Waals surface area contributed by atoms with Crippen molar-refractivity contribution in [2.45, 2.75) is 56.5 Å². The van der Waals surface area contributed by atoms with E-state index in [0.717, 1.165) is 60.6 Å². The molecule has 2 fully saturated rings. The van der Waals surface area contributed by atoms with Crippen LogP contribution in [0, 0.1) is 5.82 Å². The van der Waals surface area contributed by atoms with Gasteiger partial charge in [0.15, 0.2) is 17.6 Å². The average molecular weight is 731 g/mol. The van der Waals surface area contributed by atoms with E-state index < -0.39 is 11.6 Å². The maximum absolute atomic E-state index is 14.0. The van der Waals surface area contributed by atoms with E-state index in [1.165, 1.54) is 17.7 Å². The molecule has 4 aliphatic rings. The van der Waals surface area contributed by atoms with E-state index in [-0.39, 0.29) is 29.3 Å². The largest absolute Gasteiger partial charge is 0.504 e. The summed E-state index contributed by atoms with van der Waals surface area (Å²) in [6.07, 6.45) is 6.84. The van der Waals surface area contributed by atoms with Crippen molar-refractivity contribution in [1.82, 2.24) is 19.7 Å². The summed E-state index contributed by atoms with van der Waals surface area (Å²) in [4.78, 5) is 34.4. The Hall–Kier alpha value is -5.82. The van der Waals surface area contributed by atoms with Crippen LogP contribution in [0.15, 0.2) is 79.0 Å². The number of hydrogen-bond donors (Lipinski definition) is 3. The van der Waals surface area contributed by atoms with Crippen LogP contribution in [0.4, 0.5) is 15.8 Å². The van der Waals surface area contributed by atoms with Gasteiger partial charge in [-0.25, -0.2) is 9.18 Å². The molecular weight excluding hydrogens is 689 g/mol. The number of carbonyl (C=O) groups is 2. The van der Waals surface area contributed by atoms with Gasteiger partial charge in [-0.05, 0) is 98.2 Å². The van der Waals surface area contributed by atoms with Crippen LogP contribution in [0.2, 0.25) is 0 Å². The third-order valence-corrected chi connectivity index (χ3v) is 11.6. The summed E-state index contributed by atoms with van der Waals surface area (Å²) in [6.45, 7) is 2.96. The van der Waals surface area contributed by atoms with Gasteiger partial charge < -0.3 is 29.3 Å². The zero-order valence-electron chi connectivity index (χ0n) is 29.7. The number of piperazine rings is 1. The highest BCUT2D eigenvalue weighted by atomic mass is 19.1. The van der Waals surface area contributed by atoms with Crippen molar-refractivity contribution in [3.63, 3.8) is 0 Å². The molecule has 3 aliphatic heterocycles. The van der Waals surface area contributed by atoms with E-state index in [4.69, 9.17) is 4.74 Å². The average Bonchev–Trinajstić information content (AvgIpc) is 3.62. The lowest BCUT2D eigenvalue weighted by molar-refractivity contribution is -0.393. The maximum Gasteiger partial charge on any atom is 0.388 e. The summed E-state index contributed by atoms with van der Waals surface area (Å²) in [7, 11) is 0. The lowest BCUT2D eigenvalue weighted by Crippen LogP contribution is -2.82. The Bertz CT molecular complexity index is 2280. The number of hydrogen-bond acceptors (Lipinski definition) is 8. The number of ether oxygens (including phenoxy) is 1. The van der Waals surface area contributed by atoms with Crippen LogP contribution in [0.5, 0.6) is 11.5 Å². The molecule has 13 heteroatoms. The van der Waals surface area contributed by atoms with Gasteiger partial charge in [0.05, 0.1) is 36.4 Å². The highest BCUT2D eigenvalue weighted by Crippen LogP contribution is 2.45. The van der Waals surface area contributed by atoms with Crippen molar-refractivity contribution < 1.29 is 33.9 Å². The number of benzene rings is 3. The molecule has 1 aliphatic carbocycles. The van der Waals surface area contributed by atoms with Crippen LogP contribution < -0.4 is 19.5 Å². The highest BCUT2D eigenvalue weighted by molar-refractivity contribution is 5.95. The van der Waals surface area contributed by atoms with Gasteiger partial charge in [-0.3, -0.25) is 9.69 Å². The first-order valence-corrected chi connectivity index (χ1v) is 18.7. The van der Waals surface area contributed by atoms with Crippen LogP contribution in [0.25, 0.3) is 28.0 Å². The van der Waals surface area contributed by atoms with Gasteiger partial charge in [0.25, 0.3) is 0 Å². The van der Waals surface area contributed by atoms with Crippen molar-refractivity contribution in [2.24, 2.45) is 0 Å². The minimum atomic E-state index is -0.718. The van der Waals surface area contributed by atoms with Crippen molar-refractivity contribution >= 4 is 40.1 Å². The summed E-state index contributed by atoms with van der Waals surface area (Å²) in [6, 6.07) is 22.2. The Balaban J connectivity index is 0.840. The topological polar surface area (TPSA) is 138 Å². The zero-order valence-corrected chi connectivity index (χ0v) is 29.7. The third-order valence-electron chi connectivity index (χ3n) is 11.6. The summed E-state index contributed by atoms with van der Waals surface area (Å²) >= 11 is 0. The predicted octanol–water partition coefficient (Wildman–Crippen LogP) is 4.23. The minimum Gasteiger partial charge on any atom is -0.504 e. The number of carbonyl (C=O) groups excluding carboxylic acids is 2. The lowest BCUT2D eigenvalue weighted by Gasteiger charge is -2.42. The Labute approximate surface area is 311 Å². The summed E-state index contributed by atoms with van der Waals surface area (Å²) in [5.74, 6) is 0.00189. The van der Waals surface area contributed by atoms with Crippen molar-refractivity contribution in [1.29, 1.82) is 0 Å². The maximum atomic E-state index is 14.0. The number of para-hydroxylation sites is 2. The van der Waals surface area contributed by atoms with Crippen molar-refractivity contribution in [2.75, 3.05) is 42.6 Å². The number of nitrogens with zero attached hydrogens (tertiary/aromatic N) is 6. The second-order valence-corrected chi connectivity index (χ2v) is 14.6. The number of amides is 2. The second-order valence-electron chi connectivity index (χ2n) is 14.6. The van der Waals surface area contributed by atoms with Crippen LogP contribution in [-0.2, 0) is 9.59 Å². The minimum absolute atomic E-state index is 0.0134. The molecule has 3 aromatic carbocycles. The summed E-state index contributed by atoms with van der Waals surface area (Å²) < 4.78 is 22.3. The standard InChI is InChI=1S/C41H40FN7O5/c42-31-5-1-4-30(39(31)52)33-23-36-32(44-45-33)17-18-47(36)27-11-13-28(14-12-27)48-20-19-46(24-38(48)51)26-9-7-25(8-10-26)29-3-2-6-34-40(29)54-22-21-49(34)35-15-16-37(50)43-41(35)53/h1-6,11-14,17-18,23,25-26,35,52H,7-10,15-16,19-22,24H2,(H,43,50,53)/p+1. The Morgan fingerprint density at radius 3 is 2.44 bits per heavy atom. The number of rotatable bonds is 6. The number of nitrogens with one attached hydrogen (secondary N) is 1. The number of phenols is 1. The Kier molecular flexibility index (Phi) is 8.73. The fraction of sp³-hybridized carbons (Fsp3) is 0.341. The van der Waals surface area contributed by atoms with Gasteiger partial charge in [-0.2, -0.15) is 0 Å². The smallest absolute Gasteiger partial charge is 0.388 e. The first kappa shape index (κ1) is 34.0. The first-order chi connectivity index (χ1) is 26.3. The molecular formula is C41H41FN7O5+. The Morgan fingerprint density at radius 2 is 1.65 bits per heavy atom. The van der Waals surface area contributed by atoms with Gasteiger partial charge in [0.1, 0.15) is 17.9 Å². The highest BCUT2D eigenvalue weighted by Gasteiger charge is 2.39. The molecule has 1 saturated heterocycles. The molecule has 1 atom stereocenters. The van der Waals surface area contributed by atoms with E-state index >= 15 is 0 Å². The zero-order chi connectivity index (χ0) is 36.9. The van der Waals surface area contributed by atoms with Gasteiger partial charge >= 0.3 is 11.8 Å². The number of aliphatic hydroxyl groups excluding tert-OH is 1. The van der Waals surface area contributed by atoms with E-state index in [1.54, 1.807) is 12.1 Å². The molecule has 0 bridgehead atoms. The van der Waals surface area contributed by atoms with E-state index in [9.17, 15) is 24.2 Å². The number of anilines is 2. The van der Waals surface area contributed by atoms with Crippen LogP contribution in [0.3, 0.4) is 0 Å². The summed E-state index contributed by atoms with van der Waals surface area (Å²) in [5.41, 5.74) is 5.93. The van der Waals surface area contributed by atoms with Crippen molar-refractivity contribution in [3.8, 4) is 28.4 Å². The molecule has 5 heterocycles. The van der Waals surface area contributed by atoms with E-state index in [1.807, 2.05) is 52.1 Å². The molecule has 276 valence electrons. The second kappa shape index (κ2) is 13.9. The SMILES string of the molecule is O=C1CCC(N2CCOc3c(C4CCC(N5CCN(c6ccc(-n7ccc8nnc(-c9cccc(F)c9O)cc87)cc6)C(=O)C5)CC4)cccc32)C(O)=[NH+]1. The number of phenolic OH excluding ortho intramolecular Hbond substituents is 1. The molecule has 1 unspecified atom stereocenters. The molecule has 3 N–H and O–H groups in total. The third kappa shape index (κ3) is 6.11. The molecule has 54 heavy (non-hydrogen) atoms. The number of aromatic nitrogens is 3. The van der Waals surface area contributed by atoms with Crippen LogP contribution >= 0.6 is 0 Å². The fourth-order valence-electron chi connectivity index (χ4n) is 8.76. The molecule has 2 aromatic heterocycles. The van der Waals surface area contributed by atoms with Gasteiger partial charge in [0.2, 0.25) is 5.91 Å². The Morgan fingerprint density at radius 1 is 0.852 bits per heavy atom. The van der Waals surface area contributed by atoms with Crippen LogP contribution in [0.1, 0.15) is 50.0 Å². The number of halogens is 1.